The molecule has 2 aliphatic carbocycles. The van der Waals surface area contributed by atoms with Crippen LogP contribution in [0.2, 0.25) is 0 Å². The summed E-state index contributed by atoms with van der Waals surface area (Å²) in [6.07, 6.45) is 7.55. The number of ether oxygens (including phenoxy) is 1. The second-order valence-electron chi connectivity index (χ2n) is 8.22. The quantitative estimate of drug-likeness (QED) is 0.900. The number of rotatable bonds is 3. The Morgan fingerprint density at radius 3 is 2.57 bits per heavy atom. The maximum absolute atomic E-state index is 6.92. The zero-order valence-corrected chi connectivity index (χ0v) is 14.3. The van der Waals surface area contributed by atoms with Crippen LogP contribution in [0.15, 0.2) is 24.3 Å². The van der Waals surface area contributed by atoms with Crippen molar-refractivity contribution in [1.82, 2.24) is 5.32 Å². The van der Waals surface area contributed by atoms with E-state index in [1.165, 1.54) is 37.8 Å². The Hall–Kier alpha value is -1.26. The Labute approximate surface area is 139 Å². The highest BCUT2D eigenvalue weighted by atomic mass is 16.5. The fourth-order valence-electron chi connectivity index (χ4n) is 4.18. The maximum atomic E-state index is 6.92. The van der Waals surface area contributed by atoms with Gasteiger partial charge < -0.3 is 20.7 Å². The van der Waals surface area contributed by atoms with Crippen molar-refractivity contribution in [3.05, 3.63) is 24.3 Å². The smallest absolute Gasteiger partial charge is 0.119 e. The summed E-state index contributed by atoms with van der Waals surface area (Å²) in [4.78, 5) is 2.44. The van der Waals surface area contributed by atoms with Gasteiger partial charge in [0.2, 0.25) is 0 Å². The number of hydrogen-bond acceptors (Lipinski definition) is 4. The fraction of sp³-hybridized carbons (Fsp3) is 0.684. The Bertz CT molecular complexity index is 566. The zero-order valence-electron chi connectivity index (χ0n) is 14.3. The van der Waals surface area contributed by atoms with E-state index in [2.05, 4.69) is 48.3 Å². The molecule has 3 fully saturated rings. The predicted octanol–water partition coefficient (Wildman–Crippen LogP) is 3.01. The molecule has 4 rings (SSSR count). The number of piperazine rings is 1. The molecule has 0 amide bonds. The van der Waals surface area contributed by atoms with E-state index in [1.807, 2.05) is 0 Å². The maximum Gasteiger partial charge on any atom is 0.119 e. The van der Waals surface area contributed by atoms with Crippen LogP contribution in [-0.2, 0) is 0 Å². The van der Waals surface area contributed by atoms with E-state index >= 15 is 0 Å². The van der Waals surface area contributed by atoms with Crippen LogP contribution in [0.3, 0.4) is 0 Å². The Morgan fingerprint density at radius 2 is 1.87 bits per heavy atom. The summed E-state index contributed by atoms with van der Waals surface area (Å²) in [5, 5.41) is 3.79. The predicted molar refractivity (Wildman–Crippen MR) is 93.8 cm³/mol. The van der Waals surface area contributed by atoms with Gasteiger partial charge in [-0.25, -0.2) is 0 Å². The van der Waals surface area contributed by atoms with Gasteiger partial charge in [-0.2, -0.15) is 0 Å². The molecule has 3 aliphatic rings. The number of benzene rings is 1. The molecule has 126 valence electrons. The lowest BCUT2D eigenvalue weighted by Gasteiger charge is -2.58. The van der Waals surface area contributed by atoms with Crippen molar-refractivity contribution in [2.75, 3.05) is 11.4 Å². The molecule has 0 aromatic heterocycles. The monoisotopic (exact) mass is 315 g/mol. The Balaban J connectivity index is 1.61. The average Bonchev–Trinajstić information content (AvgIpc) is 3.32. The van der Waals surface area contributed by atoms with Crippen molar-refractivity contribution in [3.63, 3.8) is 0 Å². The lowest BCUT2D eigenvalue weighted by molar-refractivity contribution is 0.124. The van der Waals surface area contributed by atoms with Crippen molar-refractivity contribution >= 4 is 5.69 Å². The zero-order chi connectivity index (χ0) is 16.1. The number of fused-ring (bicyclic) bond motifs is 1. The highest BCUT2D eigenvalue weighted by molar-refractivity contribution is 5.53. The molecular weight excluding hydrogens is 286 g/mol. The first kappa shape index (κ1) is 15.3. The number of nitrogens with one attached hydrogen (secondary N) is 1. The topological polar surface area (TPSA) is 50.5 Å². The molecule has 1 aromatic carbocycles. The molecule has 2 saturated carbocycles. The van der Waals surface area contributed by atoms with Crippen molar-refractivity contribution < 1.29 is 4.74 Å². The fourth-order valence-corrected chi connectivity index (χ4v) is 4.18. The van der Waals surface area contributed by atoms with Gasteiger partial charge in [-0.05, 0) is 70.2 Å². The van der Waals surface area contributed by atoms with Gasteiger partial charge in [0.1, 0.15) is 11.4 Å². The number of nitrogens with two attached hydrogens (primary N) is 1. The summed E-state index contributed by atoms with van der Waals surface area (Å²) in [5.74, 6) is 0.983. The molecule has 1 aromatic rings. The van der Waals surface area contributed by atoms with Crippen LogP contribution in [0.4, 0.5) is 5.69 Å². The average molecular weight is 315 g/mol. The van der Waals surface area contributed by atoms with Crippen molar-refractivity contribution in [2.45, 2.75) is 75.7 Å². The summed E-state index contributed by atoms with van der Waals surface area (Å²) in [7, 11) is 0. The molecule has 4 heteroatoms. The van der Waals surface area contributed by atoms with Crippen LogP contribution in [0.5, 0.6) is 5.75 Å². The van der Waals surface area contributed by atoms with E-state index in [9.17, 15) is 0 Å². The van der Waals surface area contributed by atoms with Gasteiger partial charge in [-0.15, -0.1) is 0 Å². The normalized spacial score (nSPS) is 33.2. The van der Waals surface area contributed by atoms with E-state index in [4.69, 9.17) is 10.5 Å². The van der Waals surface area contributed by atoms with Crippen molar-refractivity contribution in [3.8, 4) is 5.75 Å². The molecule has 1 saturated heterocycles. The lowest BCUT2D eigenvalue weighted by atomic mass is 9.78. The minimum Gasteiger partial charge on any atom is -0.490 e. The molecule has 0 radical (unpaired) electrons. The first-order valence-electron chi connectivity index (χ1n) is 9.07. The van der Waals surface area contributed by atoms with Gasteiger partial charge in [0, 0.05) is 23.8 Å². The third-order valence-electron chi connectivity index (χ3n) is 5.52. The SMILES string of the molecule is CC1(C)CN(c2ccc(OC3CC3)cc2)C2(N)CCCCC2N1. The largest absolute Gasteiger partial charge is 0.490 e. The third kappa shape index (κ3) is 2.94. The van der Waals surface area contributed by atoms with E-state index in [1.54, 1.807) is 0 Å². The van der Waals surface area contributed by atoms with Gasteiger partial charge >= 0.3 is 0 Å². The van der Waals surface area contributed by atoms with E-state index < -0.39 is 0 Å². The summed E-state index contributed by atoms with van der Waals surface area (Å²) in [5.41, 5.74) is 7.95. The van der Waals surface area contributed by atoms with Gasteiger partial charge in [-0.3, -0.25) is 0 Å². The van der Waals surface area contributed by atoms with Gasteiger partial charge in [0.25, 0.3) is 0 Å². The van der Waals surface area contributed by atoms with E-state index in [0.717, 1.165) is 18.7 Å². The number of hydrogen-bond donors (Lipinski definition) is 2. The summed E-state index contributed by atoms with van der Waals surface area (Å²) >= 11 is 0. The van der Waals surface area contributed by atoms with Crippen LogP contribution in [0.25, 0.3) is 0 Å². The third-order valence-corrected chi connectivity index (χ3v) is 5.52. The van der Waals surface area contributed by atoms with Crippen LogP contribution >= 0.6 is 0 Å². The first-order valence-corrected chi connectivity index (χ1v) is 9.07. The van der Waals surface area contributed by atoms with Crippen molar-refractivity contribution in [1.29, 1.82) is 0 Å². The summed E-state index contributed by atoms with van der Waals surface area (Å²) in [6, 6.07) is 8.93. The molecule has 0 spiro atoms. The number of nitrogens with zero attached hydrogens (tertiary/aromatic N) is 1. The molecule has 4 nitrogen and oxygen atoms in total. The molecule has 3 N–H and O–H groups in total. The van der Waals surface area contributed by atoms with Crippen LogP contribution < -0.4 is 20.7 Å². The second-order valence-corrected chi connectivity index (χ2v) is 8.22. The van der Waals surface area contributed by atoms with Crippen LogP contribution in [-0.4, -0.2) is 29.9 Å². The van der Waals surface area contributed by atoms with E-state index in [-0.39, 0.29) is 11.2 Å². The molecule has 2 unspecified atom stereocenters. The molecule has 2 atom stereocenters. The number of anilines is 1. The standard InChI is InChI=1S/C19H29N3O/c1-18(2)13-22(19(20)12-4-3-5-17(19)21-18)14-6-8-15(9-7-14)23-16-10-11-16/h6-9,16-17,21H,3-5,10-13,20H2,1-2H3. The minimum atomic E-state index is -0.271. The molecule has 1 heterocycles. The molecular formula is C19H29N3O. The van der Waals surface area contributed by atoms with Gasteiger partial charge in [0.05, 0.1) is 6.10 Å². The first-order chi connectivity index (χ1) is 11.0. The summed E-state index contributed by atoms with van der Waals surface area (Å²) in [6.45, 7) is 5.49. The molecule has 0 bridgehead atoms. The highest BCUT2D eigenvalue weighted by Gasteiger charge is 2.49. The highest BCUT2D eigenvalue weighted by Crippen LogP contribution is 2.39. The van der Waals surface area contributed by atoms with Crippen molar-refractivity contribution in [2.24, 2.45) is 5.73 Å². The van der Waals surface area contributed by atoms with Crippen LogP contribution in [0, 0.1) is 0 Å². The Kier molecular flexibility index (Phi) is 3.58. The summed E-state index contributed by atoms with van der Waals surface area (Å²) < 4.78 is 5.88. The van der Waals surface area contributed by atoms with Gasteiger partial charge in [-0.1, -0.05) is 6.42 Å². The molecule has 1 aliphatic heterocycles. The minimum absolute atomic E-state index is 0.0774. The van der Waals surface area contributed by atoms with Gasteiger partial charge in [0.15, 0.2) is 0 Å². The van der Waals surface area contributed by atoms with E-state index in [0.29, 0.717) is 12.1 Å². The second kappa shape index (κ2) is 5.38. The van der Waals surface area contributed by atoms with Crippen LogP contribution in [0.1, 0.15) is 52.4 Å². The molecule has 23 heavy (non-hydrogen) atoms. The Morgan fingerprint density at radius 1 is 1.13 bits per heavy atom. The lowest BCUT2D eigenvalue weighted by Crippen LogP contribution is -2.78.